The minimum Gasteiger partial charge on any atom is -0.493 e. The third-order valence-corrected chi connectivity index (χ3v) is 3.02. The standard InChI is InChI=1S/C16H25NO3/c1-6-12(3)11-20-16-14(18-4)8-13(10-17-7-2)9-15(16)19-5/h8-9,17H,3,6-7,10-11H2,1-2,4-5H3. The molecule has 0 aromatic heterocycles. The van der Waals surface area contributed by atoms with Gasteiger partial charge in [0.05, 0.1) is 14.2 Å². The highest BCUT2D eigenvalue weighted by Gasteiger charge is 2.14. The second-order valence-electron chi connectivity index (χ2n) is 4.50. The molecule has 1 aromatic carbocycles. The van der Waals surface area contributed by atoms with Crippen LogP contribution in [0.5, 0.6) is 17.2 Å². The van der Waals surface area contributed by atoms with Crippen LogP contribution in [0.1, 0.15) is 25.8 Å². The van der Waals surface area contributed by atoms with Crippen LogP contribution in [-0.2, 0) is 6.54 Å². The zero-order chi connectivity index (χ0) is 15.0. The van der Waals surface area contributed by atoms with Gasteiger partial charge in [0, 0.05) is 6.54 Å². The molecule has 1 aromatic rings. The van der Waals surface area contributed by atoms with E-state index in [4.69, 9.17) is 14.2 Å². The Labute approximate surface area is 121 Å². The van der Waals surface area contributed by atoms with Crippen molar-refractivity contribution >= 4 is 0 Å². The van der Waals surface area contributed by atoms with E-state index >= 15 is 0 Å². The van der Waals surface area contributed by atoms with Gasteiger partial charge in [-0.3, -0.25) is 0 Å². The lowest BCUT2D eigenvalue weighted by Crippen LogP contribution is -2.12. The summed E-state index contributed by atoms with van der Waals surface area (Å²) >= 11 is 0. The number of benzene rings is 1. The Morgan fingerprint density at radius 3 is 2.20 bits per heavy atom. The van der Waals surface area contributed by atoms with Gasteiger partial charge in [-0.05, 0) is 36.2 Å². The molecule has 0 saturated carbocycles. The number of methoxy groups -OCH3 is 2. The predicted octanol–water partition coefficient (Wildman–Crippen LogP) is 3.16. The SMILES string of the molecule is C=C(CC)COc1c(OC)cc(CNCC)cc1OC. The van der Waals surface area contributed by atoms with Crippen molar-refractivity contribution in [3.8, 4) is 17.2 Å². The van der Waals surface area contributed by atoms with Crippen LogP contribution in [0.2, 0.25) is 0 Å². The van der Waals surface area contributed by atoms with Crippen LogP contribution in [-0.4, -0.2) is 27.4 Å². The first-order chi connectivity index (χ1) is 9.65. The Morgan fingerprint density at radius 1 is 1.15 bits per heavy atom. The second-order valence-corrected chi connectivity index (χ2v) is 4.50. The monoisotopic (exact) mass is 279 g/mol. The molecule has 0 radical (unpaired) electrons. The first-order valence-corrected chi connectivity index (χ1v) is 6.91. The molecule has 0 heterocycles. The van der Waals surface area contributed by atoms with Gasteiger partial charge in [0.1, 0.15) is 6.61 Å². The van der Waals surface area contributed by atoms with Gasteiger partial charge in [0.25, 0.3) is 0 Å². The highest BCUT2D eigenvalue weighted by atomic mass is 16.5. The number of rotatable bonds is 9. The highest BCUT2D eigenvalue weighted by molar-refractivity contribution is 5.54. The molecule has 20 heavy (non-hydrogen) atoms. The molecule has 0 saturated heterocycles. The third kappa shape index (κ3) is 4.46. The van der Waals surface area contributed by atoms with Crippen molar-refractivity contribution in [1.29, 1.82) is 0 Å². The smallest absolute Gasteiger partial charge is 0.203 e. The molecule has 4 heteroatoms. The Balaban J connectivity index is 2.98. The van der Waals surface area contributed by atoms with Crippen LogP contribution in [0.25, 0.3) is 0 Å². The van der Waals surface area contributed by atoms with Crippen molar-refractivity contribution in [3.05, 3.63) is 29.8 Å². The van der Waals surface area contributed by atoms with Crippen LogP contribution in [0.3, 0.4) is 0 Å². The third-order valence-electron chi connectivity index (χ3n) is 3.02. The van der Waals surface area contributed by atoms with Crippen LogP contribution < -0.4 is 19.5 Å². The summed E-state index contributed by atoms with van der Waals surface area (Å²) in [5, 5.41) is 3.28. The van der Waals surface area contributed by atoms with E-state index in [-0.39, 0.29) is 0 Å². The summed E-state index contributed by atoms with van der Waals surface area (Å²) in [6, 6.07) is 3.93. The second kappa shape index (κ2) is 8.48. The Kier molecular flexibility index (Phi) is 6.94. The minimum absolute atomic E-state index is 0.468. The number of ether oxygens (including phenoxy) is 3. The minimum atomic E-state index is 0.468. The van der Waals surface area contributed by atoms with Crippen molar-refractivity contribution < 1.29 is 14.2 Å². The van der Waals surface area contributed by atoms with Crippen LogP contribution in [0.4, 0.5) is 0 Å². The molecule has 0 aliphatic heterocycles. The summed E-state index contributed by atoms with van der Waals surface area (Å²) in [4.78, 5) is 0. The van der Waals surface area contributed by atoms with E-state index in [9.17, 15) is 0 Å². The highest BCUT2D eigenvalue weighted by Crippen LogP contribution is 2.38. The lowest BCUT2D eigenvalue weighted by Gasteiger charge is -2.16. The molecule has 1 rings (SSSR count). The van der Waals surface area contributed by atoms with Crippen LogP contribution in [0, 0.1) is 0 Å². The molecule has 112 valence electrons. The molecular formula is C16H25NO3. The van der Waals surface area contributed by atoms with Crippen molar-refractivity contribution in [3.63, 3.8) is 0 Å². The maximum Gasteiger partial charge on any atom is 0.203 e. The van der Waals surface area contributed by atoms with Gasteiger partial charge in [0.2, 0.25) is 5.75 Å². The predicted molar refractivity (Wildman–Crippen MR) is 81.9 cm³/mol. The Hall–Kier alpha value is -1.68. The molecule has 0 aliphatic carbocycles. The summed E-state index contributed by atoms with van der Waals surface area (Å²) in [5.41, 5.74) is 2.13. The van der Waals surface area contributed by atoms with Gasteiger partial charge in [-0.15, -0.1) is 0 Å². The Bertz CT molecular complexity index is 418. The normalized spacial score (nSPS) is 10.2. The summed E-state index contributed by atoms with van der Waals surface area (Å²) in [5.74, 6) is 1.99. The largest absolute Gasteiger partial charge is 0.493 e. The summed E-state index contributed by atoms with van der Waals surface area (Å²) in [6.07, 6.45) is 0.892. The fourth-order valence-corrected chi connectivity index (χ4v) is 1.72. The fourth-order valence-electron chi connectivity index (χ4n) is 1.72. The maximum absolute atomic E-state index is 5.79. The van der Waals surface area contributed by atoms with Gasteiger partial charge < -0.3 is 19.5 Å². The quantitative estimate of drug-likeness (QED) is 0.705. The molecular weight excluding hydrogens is 254 g/mol. The average molecular weight is 279 g/mol. The van der Waals surface area contributed by atoms with E-state index < -0.39 is 0 Å². The van der Waals surface area contributed by atoms with Crippen molar-refractivity contribution in [2.45, 2.75) is 26.8 Å². The van der Waals surface area contributed by atoms with Gasteiger partial charge in [-0.25, -0.2) is 0 Å². The first kappa shape index (κ1) is 16.4. The van der Waals surface area contributed by atoms with Crippen molar-refractivity contribution in [2.24, 2.45) is 0 Å². The number of nitrogens with one attached hydrogen (secondary N) is 1. The van der Waals surface area contributed by atoms with E-state index in [0.717, 1.165) is 30.6 Å². The van der Waals surface area contributed by atoms with Gasteiger partial charge in [-0.1, -0.05) is 20.4 Å². The van der Waals surface area contributed by atoms with E-state index in [1.807, 2.05) is 12.1 Å². The average Bonchev–Trinajstić information content (AvgIpc) is 2.49. The zero-order valence-electron chi connectivity index (χ0n) is 12.9. The maximum atomic E-state index is 5.79. The number of hydrogen-bond acceptors (Lipinski definition) is 4. The first-order valence-electron chi connectivity index (χ1n) is 6.91. The lowest BCUT2D eigenvalue weighted by atomic mass is 10.1. The molecule has 0 fully saturated rings. The lowest BCUT2D eigenvalue weighted by molar-refractivity contribution is 0.293. The van der Waals surface area contributed by atoms with Crippen molar-refractivity contribution in [1.82, 2.24) is 5.32 Å². The van der Waals surface area contributed by atoms with Gasteiger partial charge in [-0.2, -0.15) is 0 Å². The molecule has 0 amide bonds. The topological polar surface area (TPSA) is 39.7 Å². The zero-order valence-corrected chi connectivity index (χ0v) is 12.9. The molecule has 4 nitrogen and oxygen atoms in total. The van der Waals surface area contributed by atoms with E-state index in [0.29, 0.717) is 23.9 Å². The molecule has 1 N–H and O–H groups in total. The number of hydrogen-bond donors (Lipinski definition) is 1. The summed E-state index contributed by atoms with van der Waals surface area (Å²) < 4.78 is 16.6. The van der Waals surface area contributed by atoms with Crippen molar-refractivity contribution in [2.75, 3.05) is 27.4 Å². The fraction of sp³-hybridized carbons (Fsp3) is 0.500. The molecule has 0 bridgehead atoms. The van der Waals surface area contributed by atoms with E-state index in [2.05, 4.69) is 25.7 Å². The Morgan fingerprint density at radius 2 is 1.75 bits per heavy atom. The molecule has 0 aliphatic rings. The molecule has 0 atom stereocenters. The molecule has 0 unspecified atom stereocenters. The molecule has 0 spiro atoms. The van der Waals surface area contributed by atoms with Gasteiger partial charge >= 0.3 is 0 Å². The summed E-state index contributed by atoms with van der Waals surface area (Å²) in [7, 11) is 3.26. The van der Waals surface area contributed by atoms with Crippen LogP contribution in [0.15, 0.2) is 24.3 Å². The van der Waals surface area contributed by atoms with Gasteiger partial charge in [0.15, 0.2) is 11.5 Å². The summed E-state index contributed by atoms with van der Waals surface area (Å²) in [6.45, 7) is 10.2. The van der Waals surface area contributed by atoms with E-state index in [1.165, 1.54) is 0 Å². The van der Waals surface area contributed by atoms with E-state index in [1.54, 1.807) is 14.2 Å². The van der Waals surface area contributed by atoms with Crippen LogP contribution >= 0.6 is 0 Å².